The molecule has 0 N–H and O–H groups in total. The van der Waals surface area contributed by atoms with E-state index < -0.39 is 20.2 Å². The van der Waals surface area contributed by atoms with Gasteiger partial charge in [-0.15, -0.1) is 0 Å². The fourth-order valence-corrected chi connectivity index (χ4v) is 10.4. The summed E-state index contributed by atoms with van der Waals surface area (Å²) in [5, 5.41) is 2.20. The molecule has 0 aliphatic heterocycles. The van der Waals surface area contributed by atoms with Gasteiger partial charge >= 0.3 is 11.9 Å². The summed E-state index contributed by atoms with van der Waals surface area (Å²) in [4.78, 5) is 26.1. The zero-order valence-corrected chi connectivity index (χ0v) is 23.8. The van der Waals surface area contributed by atoms with Crippen LogP contribution in [-0.2, 0) is 30.1 Å². The molecule has 1 saturated carbocycles. The van der Waals surface area contributed by atoms with Crippen molar-refractivity contribution in [2.24, 2.45) is 11.8 Å². The maximum absolute atomic E-state index is 13.4. The molecule has 200 valence electrons. The SMILES string of the molecule is COC(=O)C1CC[C@@H](O[Si](c2ccccc2)(c2ccccc2)C(C)(C)C)CC1C(=O)OCc1ccccc1. The molecule has 0 aromatic heterocycles. The van der Waals surface area contributed by atoms with Crippen LogP contribution in [0.25, 0.3) is 0 Å². The molecule has 6 heteroatoms. The van der Waals surface area contributed by atoms with Crippen LogP contribution in [0.2, 0.25) is 5.04 Å². The predicted octanol–water partition coefficient (Wildman–Crippen LogP) is 5.26. The van der Waals surface area contributed by atoms with Crippen molar-refractivity contribution in [2.75, 3.05) is 7.11 Å². The Kier molecular flexibility index (Phi) is 8.85. The molecule has 0 bridgehead atoms. The molecule has 38 heavy (non-hydrogen) atoms. The van der Waals surface area contributed by atoms with Gasteiger partial charge in [-0.1, -0.05) is 112 Å². The zero-order chi connectivity index (χ0) is 27.2. The summed E-state index contributed by atoms with van der Waals surface area (Å²) in [6, 6.07) is 30.5. The normalized spacial score (nSPS) is 19.9. The number of hydrogen-bond acceptors (Lipinski definition) is 5. The van der Waals surface area contributed by atoms with E-state index in [4.69, 9.17) is 13.9 Å². The van der Waals surface area contributed by atoms with Gasteiger partial charge in [0.05, 0.1) is 18.9 Å². The Morgan fingerprint density at radius 3 is 1.79 bits per heavy atom. The van der Waals surface area contributed by atoms with Gasteiger partial charge in [0.25, 0.3) is 8.32 Å². The van der Waals surface area contributed by atoms with Crippen molar-refractivity contribution in [1.82, 2.24) is 0 Å². The first kappa shape index (κ1) is 27.8. The van der Waals surface area contributed by atoms with E-state index >= 15 is 0 Å². The van der Waals surface area contributed by atoms with E-state index in [1.165, 1.54) is 17.5 Å². The summed E-state index contributed by atoms with van der Waals surface area (Å²) in [7, 11) is -1.42. The van der Waals surface area contributed by atoms with Crippen LogP contribution in [0, 0.1) is 11.8 Å². The lowest BCUT2D eigenvalue weighted by molar-refractivity contribution is -0.164. The van der Waals surface area contributed by atoms with E-state index in [0.717, 1.165) is 5.56 Å². The van der Waals surface area contributed by atoms with Gasteiger partial charge in [-0.2, -0.15) is 0 Å². The highest BCUT2D eigenvalue weighted by Crippen LogP contribution is 2.41. The van der Waals surface area contributed by atoms with E-state index in [1.807, 2.05) is 42.5 Å². The zero-order valence-electron chi connectivity index (χ0n) is 22.8. The number of carbonyl (C=O) groups excluding carboxylic acids is 2. The topological polar surface area (TPSA) is 61.8 Å². The molecular formula is C32H38O5Si. The van der Waals surface area contributed by atoms with Crippen LogP contribution < -0.4 is 10.4 Å². The van der Waals surface area contributed by atoms with Gasteiger partial charge in [-0.3, -0.25) is 9.59 Å². The van der Waals surface area contributed by atoms with Gasteiger partial charge in [-0.05, 0) is 40.2 Å². The minimum absolute atomic E-state index is 0.171. The van der Waals surface area contributed by atoms with Gasteiger partial charge in [0, 0.05) is 6.10 Å². The van der Waals surface area contributed by atoms with Crippen molar-refractivity contribution in [3.05, 3.63) is 96.6 Å². The largest absolute Gasteiger partial charge is 0.469 e. The smallest absolute Gasteiger partial charge is 0.310 e. The Bertz CT molecular complexity index is 1150. The third-order valence-corrected chi connectivity index (χ3v) is 12.7. The van der Waals surface area contributed by atoms with Crippen molar-refractivity contribution in [3.8, 4) is 0 Å². The minimum atomic E-state index is -2.80. The Labute approximate surface area is 227 Å². The maximum Gasteiger partial charge on any atom is 0.310 e. The third-order valence-electron chi connectivity index (χ3n) is 7.59. The molecule has 5 nitrogen and oxygen atoms in total. The van der Waals surface area contributed by atoms with Crippen LogP contribution in [0.15, 0.2) is 91.0 Å². The summed E-state index contributed by atoms with van der Waals surface area (Å²) in [5.74, 6) is -1.90. The number of rotatable bonds is 8. The average molecular weight is 531 g/mol. The summed E-state index contributed by atoms with van der Waals surface area (Å²) in [5.41, 5.74) is 0.909. The average Bonchev–Trinajstić information content (AvgIpc) is 2.95. The van der Waals surface area contributed by atoms with Gasteiger partial charge < -0.3 is 13.9 Å². The maximum atomic E-state index is 13.4. The Balaban J connectivity index is 1.65. The van der Waals surface area contributed by atoms with Crippen molar-refractivity contribution in [1.29, 1.82) is 0 Å². The summed E-state index contributed by atoms with van der Waals surface area (Å²) in [6.07, 6.45) is 1.40. The van der Waals surface area contributed by atoms with E-state index in [-0.39, 0.29) is 29.7 Å². The predicted molar refractivity (Wildman–Crippen MR) is 152 cm³/mol. The molecule has 4 rings (SSSR count). The molecule has 0 saturated heterocycles. The summed E-state index contributed by atoms with van der Waals surface area (Å²) in [6.45, 7) is 6.89. The molecule has 0 heterocycles. The van der Waals surface area contributed by atoms with Crippen molar-refractivity contribution < 1.29 is 23.5 Å². The van der Waals surface area contributed by atoms with Gasteiger partial charge in [-0.25, -0.2) is 0 Å². The fourth-order valence-electron chi connectivity index (χ4n) is 5.71. The fraction of sp³-hybridized carbons (Fsp3) is 0.375. The van der Waals surface area contributed by atoms with E-state index in [9.17, 15) is 9.59 Å². The number of methoxy groups -OCH3 is 1. The van der Waals surface area contributed by atoms with E-state index in [0.29, 0.717) is 19.3 Å². The number of benzene rings is 3. The van der Waals surface area contributed by atoms with Crippen molar-refractivity contribution in [2.45, 2.75) is 57.8 Å². The van der Waals surface area contributed by atoms with Crippen LogP contribution in [0.1, 0.15) is 45.6 Å². The Hall–Kier alpha value is -3.22. The number of carbonyl (C=O) groups is 2. The molecule has 0 amide bonds. The highest BCUT2D eigenvalue weighted by molar-refractivity contribution is 6.99. The number of esters is 2. The molecule has 2 unspecified atom stereocenters. The monoisotopic (exact) mass is 530 g/mol. The second-order valence-electron chi connectivity index (χ2n) is 11.0. The van der Waals surface area contributed by atoms with Gasteiger partial charge in [0.1, 0.15) is 6.61 Å². The van der Waals surface area contributed by atoms with Crippen LogP contribution in [-0.4, -0.2) is 33.5 Å². The molecule has 0 spiro atoms. The van der Waals surface area contributed by atoms with Crippen LogP contribution in [0.4, 0.5) is 0 Å². The van der Waals surface area contributed by atoms with Gasteiger partial charge in [0.15, 0.2) is 0 Å². The first-order chi connectivity index (χ1) is 18.3. The molecular weight excluding hydrogens is 492 g/mol. The highest BCUT2D eigenvalue weighted by Gasteiger charge is 2.53. The third kappa shape index (κ3) is 5.92. The van der Waals surface area contributed by atoms with Crippen molar-refractivity contribution in [3.63, 3.8) is 0 Å². The molecule has 3 aromatic carbocycles. The lowest BCUT2D eigenvalue weighted by Gasteiger charge is -2.47. The number of hydrogen-bond donors (Lipinski definition) is 0. The first-order valence-corrected chi connectivity index (χ1v) is 15.2. The lowest BCUT2D eigenvalue weighted by atomic mass is 9.78. The molecule has 0 radical (unpaired) electrons. The van der Waals surface area contributed by atoms with Crippen LogP contribution >= 0.6 is 0 Å². The number of ether oxygens (including phenoxy) is 2. The second-order valence-corrected chi connectivity index (χ2v) is 15.3. The van der Waals surface area contributed by atoms with Crippen LogP contribution in [0.3, 0.4) is 0 Å². The molecule has 3 atom stereocenters. The summed E-state index contributed by atoms with van der Waals surface area (Å²) < 4.78 is 18.1. The standard InChI is InChI=1S/C32H38O5Si/c1-32(2,3)38(26-16-10-6-11-17-26,27-18-12-7-13-19-27)37-25-20-21-28(30(33)35-4)29(22-25)31(34)36-23-24-14-8-5-9-15-24/h5-19,25,28-29H,20-23H2,1-4H3/t25-,28?,29?/m1/s1. The minimum Gasteiger partial charge on any atom is -0.469 e. The van der Waals surface area contributed by atoms with Crippen molar-refractivity contribution >= 4 is 30.6 Å². The van der Waals surface area contributed by atoms with Gasteiger partial charge in [0.2, 0.25) is 0 Å². The second kappa shape index (κ2) is 12.1. The van der Waals surface area contributed by atoms with Crippen LogP contribution in [0.5, 0.6) is 0 Å². The molecule has 1 aliphatic rings. The highest BCUT2D eigenvalue weighted by atomic mass is 28.4. The first-order valence-electron chi connectivity index (χ1n) is 13.3. The molecule has 1 aliphatic carbocycles. The summed E-state index contributed by atoms with van der Waals surface area (Å²) >= 11 is 0. The molecule has 1 fully saturated rings. The molecule has 3 aromatic rings. The van der Waals surface area contributed by atoms with E-state index in [2.05, 4.69) is 69.3 Å². The quantitative estimate of drug-likeness (QED) is 0.294. The van der Waals surface area contributed by atoms with E-state index in [1.54, 1.807) is 0 Å². The lowest BCUT2D eigenvalue weighted by Crippen LogP contribution is -2.68. The Morgan fingerprint density at radius 1 is 0.763 bits per heavy atom. The Morgan fingerprint density at radius 2 is 1.29 bits per heavy atom.